The Hall–Kier alpha value is -0.570. The van der Waals surface area contributed by atoms with Crippen LogP contribution in [0.3, 0.4) is 0 Å². The van der Waals surface area contributed by atoms with Crippen LogP contribution in [0.4, 0.5) is 0 Å². The van der Waals surface area contributed by atoms with Gasteiger partial charge in [-0.3, -0.25) is 4.79 Å². The minimum absolute atomic E-state index is 0.0674. The van der Waals surface area contributed by atoms with Crippen LogP contribution in [0.5, 0.6) is 0 Å². The fourth-order valence-corrected chi connectivity index (χ4v) is 1.62. The molecule has 3 heteroatoms. The molecule has 0 fully saturated rings. The van der Waals surface area contributed by atoms with Gasteiger partial charge in [-0.1, -0.05) is 20.8 Å². The fraction of sp³-hybridized carbons (Fsp3) is 0.917. The summed E-state index contributed by atoms with van der Waals surface area (Å²) in [4.78, 5) is 11.6. The van der Waals surface area contributed by atoms with Gasteiger partial charge in [-0.05, 0) is 38.5 Å². The largest absolute Gasteiger partial charge is 0.354 e. The molecule has 0 aromatic carbocycles. The van der Waals surface area contributed by atoms with Crippen LogP contribution in [0, 0.1) is 5.41 Å². The maximum atomic E-state index is 11.6. The minimum atomic E-state index is -0.777. The van der Waals surface area contributed by atoms with Gasteiger partial charge in [0, 0.05) is 6.54 Å². The lowest BCUT2D eigenvalue weighted by molar-refractivity contribution is -0.125. The van der Waals surface area contributed by atoms with Crippen LogP contribution < -0.4 is 11.1 Å². The molecule has 0 bridgehead atoms. The molecule has 0 saturated heterocycles. The first-order valence-electron chi connectivity index (χ1n) is 5.88. The second-order valence-electron chi connectivity index (χ2n) is 4.97. The van der Waals surface area contributed by atoms with Crippen LogP contribution in [0.1, 0.15) is 53.9 Å². The number of hydrogen-bond donors (Lipinski definition) is 2. The highest BCUT2D eigenvalue weighted by molar-refractivity contribution is 5.85. The molecular weight excluding hydrogens is 188 g/mol. The molecule has 0 aromatic rings. The Morgan fingerprint density at radius 1 is 1.13 bits per heavy atom. The van der Waals surface area contributed by atoms with Gasteiger partial charge in [-0.15, -0.1) is 0 Å². The highest BCUT2D eigenvalue weighted by Gasteiger charge is 2.27. The number of nitrogens with one attached hydrogen (secondary N) is 1. The predicted octanol–water partition coefficient (Wildman–Crippen LogP) is 2.06. The van der Waals surface area contributed by atoms with Crippen molar-refractivity contribution in [3.05, 3.63) is 0 Å². The van der Waals surface area contributed by atoms with Crippen LogP contribution in [-0.4, -0.2) is 18.0 Å². The standard InChI is InChI=1S/C12H26N2O/c1-6-12(7-2,8-3)9-14-10(15)11(4,5)13/h6-9,13H2,1-5H3,(H,14,15). The average molecular weight is 214 g/mol. The lowest BCUT2D eigenvalue weighted by Crippen LogP contribution is -2.51. The molecule has 3 nitrogen and oxygen atoms in total. The molecular formula is C12H26N2O. The van der Waals surface area contributed by atoms with Crippen molar-refractivity contribution in [3.63, 3.8) is 0 Å². The molecule has 0 aliphatic rings. The van der Waals surface area contributed by atoms with Gasteiger partial charge in [0.05, 0.1) is 5.54 Å². The normalized spacial score (nSPS) is 12.7. The van der Waals surface area contributed by atoms with E-state index in [1.807, 2.05) is 0 Å². The van der Waals surface area contributed by atoms with Gasteiger partial charge in [-0.25, -0.2) is 0 Å². The topological polar surface area (TPSA) is 55.1 Å². The van der Waals surface area contributed by atoms with E-state index in [1.165, 1.54) is 0 Å². The Morgan fingerprint density at radius 2 is 1.53 bits per heavy atom. The van der Waals surface area contributed by atoms with Crippen molar-refractivity contribution in [3.8, 4) is 0 Å². The third-order valence-corrected chi connectivity index (χ3v) is 3.46. The summed E-state index contributed by atoms with van der Waals surface area (Å²) in [5.41, 5.74) is 5.18. The Kier molecular flexibility index (Phi) is 5.29. The zero-order chi connectivity index (χ0) is 12.1. The number of rotatable bonds is 6. The summed E-state index contributed by atoms with van der Waals surface area (Å²) in [5, 5.41) is 2.95. The SMILES string of the molecule is CCC(CC)(CC)CNC(=O)C(C)(C)N. The van der Waals surface area contributed by atoms with Crippen molar-refractivity contribution in [1.29, 1.82) is 0 Å². The Morgan fingerprint density at radius 3 is 1.80 bits per heavy atom. The molecule has 0 aliphatic carbocycles. The lowest BCUT2D eigenvalue weighted by Gasteiger charge is -2.32. The lowest BCUT2D eigenvalue weighted by atomic mass is 9.79. The molecule has 0 spiro atoms. The Bertz CT molecular complexity index is 194. The zero-order valence-electron chi connectivity index (χ0n) is 10.8. The summed E-state index contributed by atoms with van der Waals surface area (Å²) < 4.78 is 0. The molecule has 90 valence electrons. The fourth-order valence-electron chi connectivity index (χ4n) is 1.62. The summed E-state index contributed by atoms with van der Waals surface area (Å²) in [5.74, 6) is -0.0674. The van der Waals surface area contributed by atoms with E-state index in [9.17, 15) is 4.79 Å². The maximum absolute atomic E-state index is 11.6. The molecule has 3 N–H and O–H groups in total. The van der Waals surface area contributed by atoms with Gasteiger partial charge in [0.1, 0.15) is 0 Å². The van der Waals surface area contributed by atoms with Crippen molar-refractivity contribution in [2.45, 2.75) is 59.4 Å². The first-order chi connectivity index (χ1) is 6.81. The predicted molar refractivity (Wildman–Crippen MR) is 64.6 cm³/mol. The van der Waals surface area contributed by atoms with E-state index < -0.39 is 5.54 Å². The Balaban J connectivity index is 4.29. The van der Waals surface area contributed by atoms with Crippen LogP contribution in [-0.2, 0) is 4.79 Å². The quantitative estimate of drug-likeness (QED) is 0.711. The van der Waals surface area contributed by atoms with Crippen LogP contribution in [0.15, 0.2) is 0 Å². The van der Waals surface area contributed by atoms with Crippen molar-refractivity contribution in [2.75, 3.05) is 6.54 Å². The van der Waals surface area contributed by atoms with E-state index >= 15 is 0 Å². The van der Waals surface area contributed by atoms with Gasteiger partial charge in [0.25, 0.3) is 0 Å². The van der Waals surface area contributed by atoms with E-state index in [1.54, 1.807) is 13.8 Å². The molecule has 1 amide bonds. The first-order valence-corrected chi connectivity index (χ1v) is 5.88. The Labute approximate surface area is 93.8 Å². The monoisotopic (exact) mass is 214 g/mol. The summed E-state index contributed by atoms with van der Waals surface area (Å²) in [6, 6.07) is 0. The van der Waals surface area contributed by atoms with E-state index in [0.717, 1.165) is 25.8 Å². The summed E-state index contributed by atoms with van der Waals surface area (Å²) >= 11 is 0. The van der Waals surface area contributed by atoms with Gasteiger partial charge in [0.2, 0.25) is 5.91 Å². The van der Waals surface area contributed by atoms with Gasteiger partial charge < -0.3 is 11.1 Å². The van der Waals surface area contributed by atoms with Gasteiger partial charge >= 0.3 is 0 Å². The van der Waals surface area contributed by atoms with Crippen LogP contribution in [0.2, 0.25) is 0 Å². The highest BCUT2D eigenvalue weighted by Crippen LogP contribution is 2.29. The summed E-state index contributed by atoms with van der Waals surface area (Å²) in [6.07, 6.45) is 3.27. The van der Waals surface area contributed by atoms with Crippen molar-refractivity contribution < 1.29 is 4.79 Å². The smallest absolute Gasteiger partial charge is 0.239 e. The van der Waals surface area contributed by atoms with Crippen LogP contribution in [0.25, 0.3) is 0 Å². The summed E-state index contributed by atoms with van der Waals surface area (Å²) in [6.45, 7) is 10.7. The average Bonchev–Trinajstić information content (AvgIpc) is 2.19. The van der Waals surface area contributed by atoms with Gasteiger partial charge in [0.15, 0.2) is 0 Å². The molecule has 0 aliphatic heterocycles. The van der Waals surface area contributed by atoms with Gasteiger partial charge in [-0.2, -0.15) is 0 Å². The number of nitrogens with two attached hydrogens (primary N) is 1. The van der Waals surface area contributed by atoms with Crippen molar-refractivity contribution in [2.24, 2.45) is 11.1 Å². The molecule has 0 radical (unpaired) electrons. The number of hydrogen-bond acceptors (Lipinski definition) is 2. The number of carbonyl (C=O) groups excluding carboxylic acids is 1. The van der Waals surface area contributed by atoms with E-state index in [-0.39, 0.29) is 11.3 Å². The molecule has 0 unspecified atom stereocenters. The molecule has 0 atom stereocenters. The minimum Gasteiger partial charge on any atom is -0.354 e. The van der Waals surface area contributed by atoms with Crippen molar-refractivity contribution >= 4 is 5.91 Å². The number of carbonyl (C=O) groups is 1. The molecule has 0 rings (SSSR count). The second-order valence-corrected chi connectivity index (χ2v) is 4.97. The highest BCUT2D eigenvalue weighted by atomic mass is 16.2. The first kappa shape index (κ1) is 14.4. The molecule has 0 heterocycles. The maximum Gasteiger partial charge on any atom is 0.239 e. The molecule has 0 saturated carbocycles. The zero-order valence-corrected chi connectivity index (χ0v) is 10.8. The third-order valence-electron chi connectivity index (χ3n) is 3.46. The summed E-state index contributed by atoms with van der Waals surface area (Å²) in [7, 11) is 0. The van der Waals surface area contributed by atoms with E-state index in [0.29, 0.717) is 0 Å². The second kappa shape index (κ2) is 5.50. The van der Waals surface area contributed by atoms with Crippen LogP contribution >= 0.6 is 0 Å². The number of amides is 1. The van der Waals surface area contributed by atoms with Crippen molar-refractivity contribution in [1.82, 2.24) is 5.32 Å². The molecule has 0 aromatic heterocycles. The van der Waals surface area contributed by atoms with E-state index in [4.69, 9.17) is 5.73 Å². The third kappa shape index (κ3) is 4.20. The molecule has 15 heavy (non-hydrogen) atoms. The van der Waals surface area contributed by atoms with E-state index in [2.05, 4.69) is 26.1 Å².